The van der Waals surface area contributed by atoms with Gasteiger partial charge < -0.3 is 14.8 Å². The Morgan fingerprint density at radius 2 is 1.87 bits per heavy atom. The number of anilines is 1. The minimum atomic E-state index is -3.69. The van der Waals surface area contributed by atoms with Gasteiger partial charge in [-0.1, -0.05) is 18.6 Å². The normalized spacial score (nSPS) is 14.9. The van der Waals surface area contributed by atoms with Crippen molar-refractivity contribution in [3.63, 3.8) is 0 Å². The van der Waals surface area contributed by atoms with E-state index in [0.29, 0.717) is 24.5 Å². The third-order valence-electron chi connectivity index (χ3n) is 4.97. The molecule has 30 heavy (non-hydrogen) atoms. The molecule has 2 aromatic rings. The summed E-state index contributed by atoms with van der Waals surface area (Å²) in [6, 6.07) is 12.3. The van der Waals surface area contributed by atoms with Crippen molar-refractivity contribution in [1.82, 2.24) is 4.31 Å². The van der Waals surface area contributed by atoms with Crippen LogP contribution in [0.3, 0.4) is 0 Å². The van der Waals surface area contributed by atoms with Crippen molar-refractivity contribution in [2.24, 2.45) is 0 Å². The first-order chi connectivity index (χ1) is 14.4. The number of methoxy groups -OCH3 is 1. The van der Waals surface area contributed by atoms with Crippen molar-refractivity contribution in [2.75, 3.05) is 32.1 Å². The fourth-order valence-electron chi connectivity index (χ4n) is 3.39. The van der Waals surface area contributed by atoms with Crippen LogP contribution >= 0.6 is 0 Å². The lowest BCUT2D eigenvalue weighted by Gasteiger charge is -2.26. The average molecular weight is 433 g/mol. The van der Waals surface area contributed by atoms with E-state index in [0.717, 1.165) is 24.8 Å². The Balaban J connectivity index is 1.66. The zero-order chi connectivity index (χ0) is 21.6. The van der Waals surface area contributed by atoms with E-state index < -0.39 is 10.0 Å². The number of carbonyl (C=O) groups excluding carboxylic acids is 1. The van der Waals surface area contributed by atoms with Gasteiger partial charge in [-0.05, 0) is 55.7 Å². The molecule has 162 valence electrons. The van der Waals surface area contributed by atoms with Crippen LogP contribution in [-0.2, 0) is 14.8 Å². The quantitative estimate of drug-likeness (QED) is 0.689. The van der Waals surface area contributed by atoms with Crippen molar-refractivity contribution >= 4 is 21.6 Å². The SMILES string of the molecule is COc1ccc(NC(=O)CCOc2cccc(C)c2)cc1S(=O)(=O)N1CCCCC1. The first-order valence-electron chi connectivity index (χ1n) is 10.1. The average Bonchev–Trinajstić information content (AvgIpc) is 2.74. The minimum Gasteiger partial charge on any atom is -0.495 e. The number of piperidine rings is 1. The van der Waals surface area contributed by atoms with Crippen molar-refractivity contribution in [3.8, 4) is 11.5 Å². The number of aryl methyl sites for hydroxylation is 1. The van der Waals surface area contributed by atoms with Crippen molar-refractivity contribution < 1.29 is 22.7 Å². The molecular formula is C22H28N2O5S. The predicted octanol–water partition coefficient (Wildman–Crippen LogP) is 3.59. The van der Waals surface area contributed by atoms with Crippen LogP contribution < -0.4 is 14.8 Å². The zero-order valence-electron chi connectivity index (χ0n) is 17.4. The molecule has 0 unspecified atom stereocenters. The number of rotatable bonds is 8. The fourth-order valence-corrected chi connectivity index (χ4v) is 5.09. The maximum atomic E-state index is 13.1. The Labute approximate surface area is 178 Å². The molecule has 0 spiro atoms. The summed E-state index contributed by atoms with van der Waals surface area (Å²) in [4.78, 5) is 12.4. The number of ether oxygens (including phenoxy) is 2. The van der Waals surface area contributed by atoms with Crippen molar-refractivity contribution in [1.29, 1.82) is 0 Å². The molecule has 1 saturated heterocycles. The molecule has 1 fully saturated rings. The Bertz CT molecular complexity index is 985. The molecule has 3 rings (SSSR count). The summed E-state index contributed by atoms with van der Waals surface area (Å²) in [6.45, 7) is 3.19. The van der Waals surface area contributed by atoms with Gasteiger partial charge in [0.05, 0.1) is 20.1 Å². The summed E-state index contributed by atoms with van der Waals surface area (Å²) in [7, 11) is -2.25. The lowest BCUT2D eigenvalue weighted by Crippen LogP contribution is -2.35. The van der Waals surface area contributed by atoms with Crippen LogP contribution in [0, 0.1) is 6.92 Å². The summed E-state index contributed by atoms with van der Waals surface area (Å²) in [5.41, 5.74) is 1.49. The van der Waals surface area contributed by atoms with Crippen LogP contribution in [-0.4, -0.2) is 45.4 Å². The van der Waals surface area contributed by atoms with Gasteiger partial charge in [-0.2, -0.15) is 4.31 Å². The number of carbonyl (C=O) groups is 1. The van der Waals surface area contributed by atoms with Gasteiger partial charge in [0.2, 0.25) is 15.9 Å². The van der Waals surface area contributed by atoms with Gasteiger partial charge in [-0.15, -0.1) is 0 Å². The van der Waals surface area contributed by atoms with Crippen LogP contribution in [0.5, 0.6) is 11.5 Å². The van der Waals surface area contributed by atoms with E-state index >= 15 is 0 Å². The summed E-state index contributed by atoms with van der Waals surface area (Å²) >= 11 is 0. The molecule has 0 aromatic heterocycles. The van der Waals surface area contributed by atoms with Crippen LogP contribution in [0.2, 0.25) is 0 Å². The third-order valence-corrected chi connectivity index (χ3v) is 6.89. The Morgan fingerprint density at radius 1 is 1.10 bits per heavy atom. The van der Waals surface area contributed by atoms with Gasteiger partial charge in [-0.25, -0.2) is 8.42 Å². The molecule has 0 saturated carbocycles. The number of nitrogens with one attached hydrogen (secondary N) is 1. The van der Waals surface area contributed by atoms with Crippen molar-refractivity contribution in [2.45, 2.75) is 37.5 Å². The topological polar surface area (TPSA) is 84.9 Å². The van der Waals surface area contributed by atoms with Gasteiger partial charge in [0, 0.05) is 18.8 Å². The standard InChI is InChI=1S/C22H28N2O5S/c1-17-7-6-8-19(15-17)29-14-11-22(25)23-18-9-10-20(28-2)21(16-18)30(26,27)24-12-4-3-5-13-24/h6-10,15-16H,3-5,11-14H2,1-2H3,(H,23,25). The fraction of sp³-hybridized carbons (Fsp3) is 0.409. The summed E-state index contributed by atoms with van der Waals surface area (Å²) in [5, 5.41) is 2.75. The van der Waals surface area contributed by atoms with E-state index in [2.05, 4.69) is 5.32 Å². The van der Waals surface area contributed by atoms with Crippen LogP contribution in [0.1, 0.15) is 31.2 Å². The van der Waals surface area contributed by atoms with E-state index in [1.807, 2.05) is 31.2 Å². The molecule has 1 N–H and O–H groups in total. The van der Waals surface area contributed by atoms with E-state index in [1.165, 1.54) is 17.5 Å². The molecule has 1 amide bonds. The Hall–Kier alpha value is -2.58. The van der Waals surface area contributed by atoms with E-state index in [1.54, 1.807) is 12.1 Å². The molecule has 8 heteroatoms. The minimum absolute atomic E-state index is 0.0701. The Kier molecular flexibility index (Phi) is 7.33. The van der Waals surface area contributed by atoms with Gasteiger partial charge in [0.25, 0.3) is 0 Å². The van der Waals surface area contributed by atoms with E-state index in [-0.39, 0.29) is 29.6 Å². The van der Waals surface area contributed by atoms with Gasteiger partial charge in [-0.3, -0.25) is 4.79 Å². The number of nitrogens with zero attached hydrogens (tertiary/aromatic N) is 1. The maximum absolute atomic E-state index is 13.1. The summed E-state index contributed by atoms with van der Waals surface area (Å²) < 4.78 is 38.5. The van der Waals surface area contributed by atoms with E-state index in [4.69, 9.17) is 9.47 Å². The van der Waals surface area contributed by atoms with Crippen molar-refractivity contribution in [3.05, 3.63) is 48.0 Å². The second-order valence-corrected chi connectivity index (χ2v) is 9.20. The summed E-state index contributed by atoms with van der Waals surface area (Å²) in [6.07, 6.45) is 2.87. The highest BCUT2D eigenvalue weighted by Crippen LogP contribution is 2.31. The molecule has 1 aliphatic rings. The number of hydrogen-bond donors (Lipinski definition) is 1. The van der Waals surface area contributed by atoms with Crippen LogP contribution in [0.15, 0.2) is 47.4 Å². The first-order valence-corrected chi connectivity index (χ1v) is 11.5. The zero-order valence-corrected chi connectivity index (χ0v) is 18.2. The molecule has 0 atom stereocenters. The molecule has 0 radical (unpaired) electrons. The number of sulfonamides is 1. The molecule has 1 heterocycles. The number of benzene rings is 2. The van der Waals surface area contributed by atoms with Gasteiger partial charge in [0.15, 0.2) is 0 Å². The van der Waals surface area contributed by atoms with Gasteiger partial charge in [0.1, 0.15) is 16.4 Å². The summed E-state index contributed by atoms with van der Waals surface area (Å²) in [5.74, 6) is 0.720. The first kappa shape index (κ1) is 22.1. The lowest BCUT2D eigenvalue weighted by atomic mass is 10.2. The lowest BCUT2D eigenvalue weighted by molar-refractivity contribution is -0.116. The third kappa shape index (κ3) is 5.52. The largest absolute Gasteiger partial charge is 0.495 e. The highest BCUT2D eigenvalue weighted by Gasteiger charge is 2.29. The van der Waals surface area contributed by atoms with Crippen LogP contribution in [0.4, 0.5) is 5.69 Å². The monoisotopic (exact) mass is 432 g/mol. The highest BCUT2D eigenvalue weighted by atomic mass is 32.2. The second-order valence-electron chi connectivity index (χ2n) is 7.29. The molecule has 2 aromatic carbocycles. The number of amides is 1. The second kappa shape index (κ2) is 9.95. The Morgan fingerprint density at radius 3 is 2.57 bits per heavy atom. The highest BCUT2D eigenvalue weighted by molar-refractivity contribution is 7.89. The molecule has 7 nitrogen and oxygen atoms in total. The predicted molar refractivity (Wildman–Crippen MR) is 116 cm³/mol. The molecular weight excluding hydrogens is 404 g/mol. The smallest absolute Gasteiger partial charge is 0.246 e. The maximum Gasteiger partial charge on any atom is 0.246 e. The molecule has 1 aliphatic heterocycles. The van der Waals surface area contributed by atoms with Crippen LogP contribution in [0.25, 0.3) is 0 Å². The molecule has 0 aliphatic carbocycles. The molecule has 0 bridgehead atoms. The number of hydrogen-bond acceptors (Lipinski definition) is 5. The van der Waals surface area contributed by atoms with Gasteiger partial charge >= 0.3 is 0 Å². The van der Waals surface area contributed by atoms with E-state index in [9.17, 15) is 13.2 Å².